The average Bonchev–Trinajstić information content (AvgIpc) is 3.77. The summed E-state index contributed by atoms with van der Waals surface area (Å²) in [7, 11) is 0. The zero-order valence-corrected chi connectivity index (χ0v) is 35.3. The topological polar surface area (TPSA) is 208 Å². The molecule has 0 saturated carbocycles. The maximum atomic E-state index is 12.8. The van der Waals surface area contributed by atoms with Crippen LogP contribution in [0.2, 0.25) is 0 Å². The van der Waals surface area contributed by atoms with E-state index in [0.29, 0.717) is 12.8 Å². The number of hydrogen-bond acceptors (Lipinski definition) is 13. The van der Waals surface area contributed by atoms with E-state index in [4.69, 9.17) is 19.9 Å². The van der Waals surface area contributed by atoms with Gasteiger partial charge in [0, 0.05) is 24.3 Å². The first kappa shape index (κ1) is 49.8. The van der Waals surface area contributed by atoms with Crippen molar-refractivity contribution in [3.63, 3.8) is 0 Å². The Balaban J connectivity index is 1.75. The van der Waals surface area contributed by atoms with Crippen molar-refractivity contribution >= 4 is 35.4 Å². The summed E-state index contributed by atoms with van der Waals surface area (Å²) in [6.07, 6.45) is 22.7. The number of rotatable bonds is 35. The molecular weight excluding hydrogens is 739 g/mol. The number of unbranched alkanes of at least 4 members (excludes halogenated alkanes) is 20. The third-order valence-electron chi connectivity index (χ3n) is 10.2. The van der Waals surface area contributed by atoms with E-state index in [9.17, 15) is 29.7 Å². The van der Waals surface area contributed by atoms with Crippen LogP contribution in [0.25, 0.3) is 0 Å². The van der Waals surface area contributed by atoms with E-state index in [1.54, 1.807) is 0 Å². The van der Waals surface area contributed by atoms with Crippen LogP contribution in [0.1, 0.15) is 174 Å². The molecule has 14 nitrogen and oxygen atoms in total. The molecule has 3 unspecified atom stereocenters. The zero-order valence-electron chi connectivity index (χ0n) is 34.5. The van der Waals surface area contributed by atoms with Gasteiger partial charge in [0.2, 0.25) is 5.91 Å². The molecule has 0 aromatic carbocycles. The van der Waals surface area contributed by atoms with Crippen LogP contribution in [0.15, 0.2) is 6.20 Å². The third kappa shape index (κ3) is 22.0. The molecule has 1 aromatic heterocycles. The number of ether oxygens (including phenoxy) is 3. The summed E-state index contributed by atoms with van der Waals surface area (Å²) in [6, 6.07) is -0.949. The van der Waals surface area contributed by atoms with Crippen LogP contribution in [-0.2, 0) is 28.6 Å². The van der Waals surface area contributed by atoms with Crippen LogP contribution < -0.4 is 11.1 Å². The van der Waals surface area contributed by atoms with Gasteiger partial charge < -0.3 is 40.6 Å². The number of nitrogens with two attached hydrogens (primary N) is 1. The van der Waals surface area contributed by atoms with E-state index in [0.717, 1.165) is 43.2 Å². The highest BCUT2D eigenvalue weighted by atomic mass is 32.2. The van der Waals surface area contributed by atoms with Crippen molar-refractivity contribution in [1.82, 2.24) is 15.0 Å². The molecule has 1 fully saturated rings. The van der Waals surface area contributed by atoms with Crippen molar-refractivity contribution in [3.05, 3.63) is 6.20 Å². The number of hydrogen-bond donors (Lipinski definition) is 5. The summed E-state index contributed by atoms with van der Waals surface area (Å²) in [4.78, 5) is 38.2. The van der Waals surface area contributed by atoms with Gasteiger partial charge in [-0.1, -0.05) is 147 Å². The number of aliphatic hydroxyl groups is 3. The Morgan fingerprint density at radius 1 is 0.786 bits per heavy atom. The molecule has 6 N–H and O–H groups in total. The normalized spacial score (nSPS) is 19.2. The highest BCUT2D eigenvalue weighted by Crippen LogP contribution is 2.29. The number of anilines is 1. The van der Waals surface area contributed by atoms with E-state index in [1.807, 2.05) is 0 Å². The number of nitrogens with zero attached hydrogens (tertiary/aromatic N) is 3. The van der Waals surface area contributed by atoms with Gasteiger partial charge in [-0.25, -0.2) is 4.68 Å². The molecule has 1 aliphatic heterocycles. The molecule has 6 atom stereocenters. The van der Waals surface area contributed by atoms with E-state index in [2.05, 4.69) is 29.5 Å². The second-order valence-corrected chi connectivity index (χ2v) is 16.4. The lowest BCUT2D eigenvalue weighted by atomic mass is 10.1. The molecule has 15 heteroatoms. The Morgan fingerprint density at radius 2 is 1.29 bits per heavy atom. The number of aliphatic hydroxyl groups excluding tert-OH is 3. The maximum Gasteiger partial charge on any atom is 0.306 e. The number of thioether (sulfide) groups is 1. The highest BCUT2D eigenvalue weighted by Gasteiger charge is 2.44. The quantitative estimate of drug-likeness (QED) is 0.0356. The number of nitrogens with one attached hydrogen (secondary N) is 1. The molecule has 1 aromatic rings. The summed E-state index contributed by atoms with van der Waals surface area (Å²) in [5.41, 5.74) is 6.16. The molecule has 1 aliphatic rings. The molecule has 324 valence electrons. The number of esters is 2. The van der Waals surface area contributed by atoms with Crippen LogP contribution in [0.5, 0.6) is 0 Å². The van der Waals surface area contributed by atoms with Gasteiger partial charge in [-0.3, -0.25) is 14.4 Å². The Hall–Kier alpha value is -2.30. The summed E-state index contributed by atoms with van der Waals surface area (Å²) >= 11 is 1.31. The number of carbonyl (C=O) groups excluding carboxylic acids is 3. The molecule has 0 spiro atoms. The minimum Gasteiger partial charge on any atom is -0.462 e. The number of amides is 1. The van der Waals surface area contributed by atoms with Crippen LogP contribution in [0, 0.1) is 0 Å². The maximum absolute atomic E-state index is 12.8. The molecule has 1 amide bonds. The van der Waals surface area contributed by atoms with Crippen molar-refractivity contribution in [2.24, 2.45) is 5.73 Å². The average molecular weight is 814 g/mol. The van der Waals surface area contributed by atoms with Crippen LogP contribution >= 0.6 is 11.8 Å². The van der Waals surface area contributed by atoms with Gasteiger partial charge in [-0.05, 0) is 12.8 Å². The minimum absolute atomic E-state index is 0.0562. The van der Waals surface area contributed by atoms with Gasteiger partial charge in [0.25, 0.3) is 0 Å². The standard InChI is InChI=1S/C41H75N5O9S/c1-3-5-7-9-11-13-15-17-19-21-23-25-36(48)53-29-32(54-37(49)26-24-22-20-18-16-14-12-10-8-6-4-2)30-56-31-33(42)40(52)43-35-27-46(45-44-35)41-39(51)38(50)34(28-47)55-41/h27,32-34,38-39,41,47,50-51H,3-26,28-31,42H2,1-2H3,(H,43,52)/t32?,33?,34?,38-,39-,41+/m1/s1. The Bertz CT molecular complexity index is 1180. The number of aromatic nitrogens is 3. The molecule has 0 radical (unpaired) electrons. The fourth-order valence-corrected chi connectivity index (χ4v) is 7.63. The largest absolute Gasteiger partial charge is 0.462 e. The van der Waals surface area contributed by atoms with Gasteiger partial charge in [0.15, 0.2) is 12.0 Å². The molecular formula is C41H75N5O9S. The Morgan fingerprint density at radius 3 is 1.79 bits per heavy atom. The van der Waals surface area contributed by atoms with Crippen molar-refractivity contribution < 1.29 is 43.9 Å². The minimum atomic E-state index is -1.35. The monoisotopic (exact) mass is 814 g/mol. The van der Waals surface area contributed by atoms with Gasteiger partial charge in [0.05, 0.1) is 18.8 Å². The van der Waals surface area contributed by atoms with Gasteiger partial charge in [-0.2, -0.15) is 11.8 Å². The van der Waals surface area contributed by atoms with Gasteiger partial charge >= 0.3 is 11.9 Å². The van der Waals surface area contributed by atoms with E-state index in [1.165, 1.54) is 121 Å². The van der Waals surface area contributed by atoms with E-state index >= 15 is 0 Å². The van der Waals surface area contributed by atoms with Crippen molar-refractivity contribution in [2.45, 2.75) is 205 Å². The summed E-state index contributed by atoms with van der Waals surface area (Å²) < 4.78 is 17.9. The zero-order chi connectivity index (χ0) is 40.8. The Labute approximate surface area is 340 Å². The molecule has 56 heavy (non-hydrogen) atoms. The lowest BCUT2D eigenvalue weighted by Crippen LogP contribution is -2.38. The van der Waals surface area contributed by atoms with Crippen LogP contribution in [-0.4, -0.2) is 103 Å². The predicted molar refractivity (Wildman–Crippen MR) is 220 cm³/mol. The third-order valence-corrected chi connectivity index (χ3v) is 11.4. The molecule has 1 saturated heterocycles. The molecule has 2 rings (SSSR count). The van der Waals surface area contributed by atoms with Crippen molar-refractivity contribution in [1.29, 1.82) is 0 Å². The van der Waals surface area contributed by atoms with E-state index in [-0.39, 0.29) is 35.9 Å². The number of carbonyl (C=O) groups is 3. The SMILES string of the molecule is CCCCCCCCCCCCCC(=O)OCC(CSCC(N)C(=O)Nc1cn([C@H]2OC(CO)[C@@H](O)[C@H]2O)nn1)OC(=O)CCCCCCCCCCCCC. The van der Waals surface area contributed by atoms with Gasteiger partial charge in [-0.15, -0.1) is 5.10 Å². The lowest BCUT2D eigenvalue weighted by Gasteiger charge is -2.19. The first-order valence-corrected chi connectivity index (χ1v) is 22.9. The fraction of sp³-hybridized carbons (Fsp3) is 0.878. The lowest BCUT2D eigenvalue weighted by molar-refractivity contribution is -0.157. The second kappa shape index (κ2) is 31.7. The highest BCUT2D eigenvalue weighted by molar-refractivity contribution is 7.99. The van der Waals surface area contributed by atoms with Crippen molar-refractivity contribution in [3.8, 4) is 0 Å². The van der Waals surface area contributed by atoms with Crippen LogP contribution in [0.4, 0.5) is 5.82 Å². The smallest absolute Gasteiger partial charge is 0.306 e. The molecule has 0 bridgehead atoms. The van der Waals surface area contributed by atoms with Crippen LogP contribution in [0.3, 0.4) is 0 Å². The first-order valence-electron chi connectivity index (χ1n) is 21.7. The van der Waals surface area contributed by atoms with E-state index < -0.39 is 49.2 Å². The van der Waals surface area contributed by atoms with Gasteiger partial charge in [0.1, 0.15) is 31.0 Å². The molecule has 0 aliphatic carbocycles. The summed E-state index contributed by atoms with van der Waals surface area (Å²) in [6.45, 7) is 3.92. The fourth-order valence-electron chi connectivity index (χ4n) is 6.66. The summed E-state index contributed by atoms with van der Waals surface area (Å²) in [5.74, 6) is -0.626. The molecule has 2 heterocycles. The Kier molecular flexibility index (Phi) is 28.2. The van der Waals surface area contributed by atoms with Crippen molar-refractivity contribution in [2.75, 3.05) is 30.0 Å². The predicted octanol–water partition coefficient (Wildman–Crippen LogP) is 6.75. The second-order valence-electron chi connectivity index (χ2n) is 15.3. The summed E-state index contributed by atoms with van der Waals surface area (Å²) in [5, 5.41) is 39.9. The first-order chi connectivity index (χ1) is 27.2.